The van der Waals surface area contributed by atoms with Gasteiger partial charge >= 0.3 is 6.09 Å². The number of thiazole rings is 1. The van der Waals surface area contributed by atoms with Crippen molar-refractivity contribution >= 4 is 79.6 Å². The quantitative estimate of drug-likeness (QED) is 0.327. The number of aromatic nitrogens is 2. The number of nitrogens with zero attached hydrogens (tertiary/aromatic N) is 4. The van der Waals surface area contributed by atoms with Gasteiger partial charge in [0.1, 0.15) is 21.4 Å². The Labute approximate surface area is 237 Å². The van der Waals surface area contributed by atoms with Crippen molar-refractivity contribution < 1.29 is 14.3 Å². The molecule has 0 aromatic carbocycles. The second-order valence-corrected chi connectivity index (χ2v) is 13.0. The van der Waals surface area contributed by atoms with Crippen molar-refractivity contribution in [2.24, 2.45) is 5.92 Å². The lowest BCUT2D eigenvalue weighted by atomic mass is 10.1. The molecule has 2 atom stereocenters. The number of amides is 2. The minimum Gasteiger partial charge on any atom is -0.444 e. The third-order valence-electron chi connectivity index (χ3n) is 6.15. The van der Waals surface area contributed by atoms with E-state index in [4.69, 9.17) is 44.5 Å². The molecule has 3 aromatic rings. The molecule has 0 saturated carbocycles. The molecule has 0 spiro atoms. The van der Waals surface area contributed by atoms with E-state index in [-0.39, 0.29) is 27.9 Å². The highest BCUT2D eigenvalue weighted by Crippen LogP contribution is 2.46. The minimum atomic E-state index is -0.547. The molecule has 5 rings (SSSR count). The fraction of sp³-hybridized carbons (Fsp3) is 0.417. The maximum absolute atomic E-state index is 12.9. The zero-order chi connectivity index (χ0) is 26.5. The highest BCUT2D eigenvalue weighted by molar-refractivity contribution is 7.21. The van der Waals surface area contributed by atoms with Crippen LogP contribution < -0.4 is 10.2 Å². The molecule has 2 aliphatic heterocycles. The number of carbonyl (C=O) groups is 2. The van der Waals surface area contributed by atoms with Gasteiger partial charge in [0.05, 0.1) is 26.5 Å². The van der Waals surface area contributed by atoms with Gasteiger partial charge in [0.2, 0.25) is 0 Å². The van der Waals surface area contributed by atoms with Gasteiger partial charge in [-0.25, -0.2) is 14.8 Å². The standard InChI is InChI=1S/C24H24Cl3N5O3S2/c1-24(2,3)35-23(34)31-9-12-4-5-32(16(12)10-31)21-18(17-7-14(25)11-36-17)29-22(37-21)30-20(33)13-6-15(26)19(27)28-8-13/h6-8,11-12,16H,4-5,9-10H2,1-3H3,(H,29,30,33). The summed E-state index contributed by atoms with van der Waals surface area (Å²) in [5, 5.41) is 7.05. The number of fused-ring (bicyclic) bond motifs is 1. The molecule has 2 fully saturated rings. The molecular formula is C24H24Cl3N5O3S2. The van der Waals surface area contributed by atoms with E-state index in [0.29, 0.717) is 29.2 Å². The van der Waals surface area contributed by atoms with Crippen molar-refractivity contribution in [3.8, 4) is 10.6 Å². The molecule has 8 nitrogen and oxygen atoms in total. The van der Waals surface area contributed by atoms with E-state index in [9.17, 15) is 9.59 Å². The number of hydrogen-bond acceptors (Lipinski definition) is 8. The molecule has 2 saturated heterocycles. The molecule has 13 heteroatoms. The molecule has 0 bridgehead atoms. The molecule has 2 unspecified atom stereocenters. The first-order valence-electron chi connectivity index (χ1n) is 11.6. The SMILES string of the molecule is CC(C)(C)OC(=O)N1CC2CCN(c3sc(NC(=O)c4cnc(Cl)c(Cl)c4)nc3-c3cc(Cl)cs3)C2C1. The van der Waals surface area contributed by atoms with Gasteiger partial charge in [-0.15, -0.1) is 11.3 Å². The van der Waals surface area contributed by atoms with Crippen LogP contribution in [0.3, 0.4) is 0 Å². The van der Waals surface area contributed by atoms with Crippen LogP contribution in [0.15, 0.2) is 23.7 Å². The third-order valence-corrected chi connectivity index (χ3v) is 9.13. The molecule has 2 amide bonds. The van der Waals surface area contributed by atoms with Crippen LogP contribution in [-0.2, 0) is 4.74 Å². The van der Waals surface area contributed by atoms with Gasteiger partial charge in [0.15, 0.2) is 5.13 Å². The molecule has 3 aromatic heterocycles. The molecule has 0 radical (unpaired) electrons. The van der Waals surface area contributed by atoms with Crippen LogP contribution in [0, 0.1) is 5.92 Å². The molecule has 2 aliphatic rings. The van der Waals surface area contributed by atoms with Gasteiger partial charge in [-0.1, -0.05) is 46.1 Å². The van der Waals surface area contributed by atoms with E-state index in [1.54, 1.807) is 4.90 Å². The smallest absolute Gasteiger partial charge is 0.410 e. The number of hydrogen-bond donors (Lipinski definition) is 1. The van der Waals surface area contributed by atoms with Crippen LogP contribution in [0.1, 0.15) is 37.6 Å². The van der Waals surface area contributed by atoms with Gasteiger partial charge in [0, 0.05) is 37.1 Å². The van der Waals surface area contributed by atoms with Crippen molar-refractivity contribution in [3.63, 3.8) is 0 Å². The number of halogens is 3. The predicted molar refractivity (Wildman–Crippen MR) is 150 cm³/mol. The molecule has 1 N–H and O–H groups in total. The van der Waals surface area contributed by atoms with Crippen molar-refractivity contribution in [1.29, 1.82) is 0 Å². The molecule has 37 heavy (non-hydrogen) atoms. The summed E-state index contributed by atoms with van der Waals surface area (Å²) in [6, 6.07) is 3.47. The Kier molecular flexibility index (Phi) is 7.32. The second-order valence-electron chi connectivity index (χ2n) is 9.95. The predicted octanol–water partition coefficient (Wildman–Crippen LogP) is 6.92. The molecule has 196 valence electrons. The lowest BCUT2D eigenvalue weighted by Crippen LogP contribution is -2.39. The summed E-state index contributed by atoms with van der Waals surface area (Å²) >= 11 is 21.0. The number of nitrogens with one attached hydrogen (secondary N) is 1. The Morgan fingerprint density at radius 2 is 1.97 bits per heavy atom. The summed E-state index contributed by atoms with van der Waals surface area (Å²) in [6.07, 6.45) is 2.02. The van der Waals surface area contributed by atoms with E-state index in [1.165, 1.54) is 34.9 Å². The van der Waals surface area contributed by atoms with Crippen LogP contribution in [-0.4, -0.2) is 58.1 Å². The summed E-state index contributed by atoms with van der Waals surface area (Å²) in [5.41, 5.74) is 0.479. The molecular weight excluding hydrogens is 577 g/mol. The first kappa shape index (κ1) is 26.5. The molecule has 5 heterocycles. The zero-order valence-corrected chi connectivity index (χ0v) is 24.2. The number of likely N-dealkylation sites (tertiary alicyclic amines) is 1. The fourth-order valence-corrected chi connectivity index (χ4v) is 7.02. The van der Waals surface area contributed by atoms with E-state index in [2.05, 4.69) is 15.2 Å². The Balaban J connectivity index is 1.41. The highest BCUT2D eigenvalue weighted by atomic mass is 35.5. The lowest BCUT2D eigenvalue weighted by Gasteiger charge is -2.27. The topological polar surface area (TPSA) is 87.7 Å². The Bertz CT molecular complexity index is 1360. The second kappa shape index (κ2) is 10.2. The molecule has 0 aliphatic carbocycles. The summed E-state index contributed by atoms with van der Waals surface area (Å²) in [6.45, 7) is 7.66. The zero-order valence-electron chi connectivity index (χ0n) is 20.3. The summed E-state index contributed by atoms with van der Waals surface area (Å²) in [7, 11) is 0. The van der Waals surface area contributed by atoms with Crippen molar-refractivity contribution in [1.82, 2.24) is 14.9 Å². The van der Waals surface area contributed by atoms with E-state index in [1.807, 2.05) is 32.2 Å². The van der Waals surface area contributed by atoms with E-state index < -0.39 is 11.5 Å². The first-order valence-corrected chi connectivity index (χ1v) is 14.4. The Hall–Kier alpha value is -2.11. The first-order chi connectivity index (χ1) is 17.5. The van der Waals surface area contributed by atoms with Crippen LogP contribution >= 0.6 is 57.5 Å². The Morgan fingerprint density at radius 3 is 2.65 bits per heavy atom. The van der Waals surface area contributed by atoms with Crippen LogP contribution in [0.25, 0.3) is 10.6 Å². The number of thiophene rings is 1. The maximum atomic E-state index is 12.9. The summed E-state index contributed by atoms with van der Waals surface area (Å²) in [5.74, 6) is -0.0619. The van der Waals surface area contributed by atoms with Crippen molar-refractivity contribution in [3.05, 3.63) is 44.5 Å². The number of rotatable bonds is 4. The van der Waals surface area contributed by atoms with Crippen LogP contribution in [0.4, 0.5) is 14.9 Å². The van der Waals surface area contributed by atoms with Gasteiger partial charge in [-0.3, -0.25) is 10.1 Å². The van der Waals surface area contributed by atoms with Gasteiger partial charge in [0.25, 0.3) is 5.91 Å². The van der Waals surface area contributed by atoms with Crippen LogP contribution in [0.5, 0.6) is 0 Å². The van der Waals surface area contributed by atoms with Crippen molar-refractivity contribution in [2.45, 2.75) is 38.8 Å². The van der Waals surface area contributed by atoms with Gasteiger partial charge in [-0.05, 0) is 39.3 Å². The maximum Gasteiger partial charge on any atom is 0.410 e. The normalized spacial score (nSPS) is 19.3. The number of ether oxygens (including phenoxy) is 1. The number of anilines is 2. The average Bonchev–Trinajstić information content (AvgIpc) is 3.57. The van der Waals surface area contributed by atoms with E-state index >= 15 is 0 Å². The fourth-order valence-electron chi connectivity index (χ4n) is 4.56. The Morgan fingerprint density at radius 1 is 1.19 bits per heavy atom. The monoisotopic (exact) mass is 599 g/mol. The third kappa shape index (κ3) is 5.68. The van der Waals surface area contributed by atoms with E-state index in [0.717, 1.165) is 28.5 Å². The van der Waals surface area contributed by atoms with Crippen molar-refractivity contribution in [2.75, 3.05) is 29.9 Å². The summed E-state index contributed by atoms with van der Waals surface area (Å²) in [4.78, 5) is 39.3. The van der Waals surface area contributed by atoms with Gasteiger partial charge < -0.3 is 14.5 Å². The van der Waals surface area contributed by atoms with Gasteiger partial charge in [-0.2, -0.15) is 0 Å². The minimum absolute atomic E-state index is 0.130. The average molecular weight is 601 g/mol. The largest absolute Gasteiger partial charge is 0.444 e. The number of pyridine rings is 1. The summed E-state index contributed by atoms with van der Waals surface area (Å²) < 4.78 is 5.60. The highest BCUT2D eigenvalue weighted by Gasteiger charge is 2.45. The van der Waals surface area contributed by atoms with Crippen LogP contribution in [0.2, 0.25) is 15.2 Å². The number of carbonyl (C=O) groups excluding carboxylic acids is 2. The lowest BCUT2D eigenvalue weighted by molar-refractivity contribution is 0.0284.